The Bertz CT molecular complexity index is 944. The highest BCUT2D eigenvalue weighted by Crippen LogP contribution is 2.32. The van der Waals surface area contributed by atoms with Gasteiger partial charge in [0.05, 0.1) is 19.3 Å². The molecule has 158 valence electrons. The molecule has 2 amide bonds. The summed E-state index contributed by atoms with van der Waals surface area (Å²) in [7, 11) is 1.59. The van der Waals surface area contributed by atoms with E-state index in [0.29, 0.717) is 35.1 Å². The molecule has 0 spiro atoms. The topological polar surface area (TPSA) is 67.9 Å². The summed E-state index contributed by atoms with van der Waals surface area (Å²) in [5.41, 5.74) is 2.01. The summed E-state index contributed by atoms with van der Waals surface area (Å²) in [6.45, 7) is 8.43. The van der Waals surface area contributed by atoms with Crippen molar-refractivity contribution in [2.24, 2.45) is 5.92 Å². The van der Waals surface area contributed by atoms with Gasteiger partial charge in [-0.1, -0.05) is 26.0 Å². The van der Waals surface area contributed by atoms with Gasteiger partial charge in [0.25, 0.3) is 11.8 Å². The van der Waals surface area contributed by atoms with Crippen molar-refractivity contribution in [3.63, 3.8) is 0 Å². The third kappa shape index (κ3) is 4.48. The van der Waals surface area contributed by atoms with Crippen LogP contribution in [0.5, 0.6) is 11.5 Å². The Kier molecular flexibility index (Phi) is 6.45. The number of imide groups is 1. The maximum Gasteiger partial charge on any atom is 0.278 e. The highest BCUT2D eigenvalue weighted by Gasteiger charge is 2.40. The van der Waals surface area contributed by atoms with Gasteiger partial charge in [-0.05, 0) is 61.7 Å². The molecule has 2 aromatic carbocycles. The molecule has 0 fully saturated rings. The van der Waals surface area contributed by atoms with E-state index >= 15 is 0 Å². The van der Waals surface area contributed by atoms with Crippen LogP contribution in [0, 0.1) is 5.92 Å². The van der Waals surface area contributed by atoms with Crippen molar-refractivity contribution in [1.29, 1.82) is 0 Å². The van der Waals surface area contributed by atoms with E-state index in [0.717, 1.165) is 5.75 Å². The zero-order valence-corrected chi connectivity index (χ0v) is 18.1. The Hall–Kier alpha value is -3.28. The van der Waals surface area contributed by atoms with E-state index in [1.54, 1.807) is 19.2 Å². The predicted octanol–water partition coefficient (Wildman–Crippen LogP) is 4.33. The minimum atomic E-state index is -0.332. The summed E-state index contributed by atoms with van der Waals surface area (Å²) in [5.74, 6) is 1.23. The average molecular weight is 408 g/mol. The van der Waals surface area contributed by atoms with E-state index in [9.17, 15) is 9.59 Å². The highest BCUT2D eigenvalue weighted by molar-refractivity contribution is 6.36. The van der Waals surface area contributed by atoms with E-state index in [4.69, 9.17) is 9.47 Å². The second-order valence-corrected chi connectivity index (χ2v) is 7.91. The van der Waals surface area contributed by atoms with E-state index in [-0.39, 0.29) is 23.6 Å². The van der Waals surface area contributed by atoms with Gasteiger partial charge < -0.3 is 14.8 Å². The number of hydrogen-bond donors (Lipinski definition) is 1. The number of nitrogens with one attached hydrogen (secondary N) is 1. The number of nitrogens with zero attached hydrogens (tertiary/aromatic N) is 1. The summed E-state index contributed by atoms with van der Waals surface area (Å²) >= 11 is 0. The van der Waals surface area contributed by atoms with Crippen LogP contribution >= 0.6 is 0 Å². The first-order valence-corrected chi connectivity index (χ1v) is 10.1. The fraction of sp³-hybridized carbons (Fsp3) is 0.333. The number of methoxy groups -OCH3 is 1. The number of ether oxygens (including phenoxy) is 2. The van der Waals surface area contributed by atoms with Crippen LogP contribution in [0.4, 0.5) is 5.69 Å². The Morgan fingerprint density at radius 1 is 0.867 bits per heavy atom. The standard InChI is InChI=1S/C24H28N2O4/c1-15(2)14-30-20-10-6-17(7-11-20)21-22(24(28)26(16(3)4)23(21)27)25-18-8-12-19(29-5)13-9-18/h6-13,15-16,25H,14H2,1-5H3. The lowest BCUT2D eigenvalue weighted by atomic mass is 10.0. The SMILES string of the molecule is COc1ccc(NC2=C(c3ccc(OCC(C)C)cc3)C(=O)N(C(C)C)C2=O)cc1. The average Bonchev–Trinajstić information content (AvgIpc) is 2.97. The zero-order chi connectivity index (χ0) is 21.8. The van der Waals surface area contributed by atoms with Crippen molar-refractivity contribution in [2.45, 2.75) is 33.7 Å². The van der Waals surface area contributed by atoms with Crippen molar-refractivity contribution in [3.05, 3.63) is 59.8 Å². The van der Waals surface area contributed by atoms with Gasteiger partial charge in [0.15, 0.2) is 0 Å². The van der Waals surface area contributed by atoms with Crippen LogP contribution < -0.4 is 14.8 Å². The first kappa shape index (κ1) is 21.4. The number of rotatable bonds is 8. The van der Waals surface area contributed by atoms with Crippen molar-refractivity contribution in [2.75, 3.05) is 19.0 Å². The van der Waals surface area contributed by atoms with Crippen molar-refractivity contribution in [3.8, 4) is 11.5 Å². The van der Waals surface area contributed by atoms with E-state index in [2.05, 4.69) is 19.2 Å². The second kappa shape index (κ2) is 9.03. The fourth-order valence-electron chi connectivity index (χ4n) is 3.20. The smallest absolute Gasteiger partial charge is 0.278 e. The van der Waals surface area contributed by atoms with Gasteiger partial charge in [-0.25, -0.2) is 0 Å². The van der Waals surface area contributed by atoms with Gasteiger partial charge in [-0.2, -0.15) is 0 Å². The molecule has 0 saturated carbocycles. The monoisotopic (exact) mass is 408 g/mol. The molecular formula is C24H28N2O4. The van der Waals surface area contributed by atoms with Crippen LogP contribution in [0.2, 0.25) is 0 Å². The molecule has 30 heavy (non-hydrogen) atoms. The molecule has 6 heteroatoms. The highest BCUT2D eigenvalue weighted by atomic mass is 16.5. The summed E-state index contributed by atoms with van der Waals surface area (Å²) in [6, 6.07) is 14.2. The number of amides is 2. The molecule has 0 bridgehead atoms. The molecule has 6 nitrogen and oxygen atoms in total. The molecule has 0 unspecified atom stereocenters. The van der Waals surface area contributed by atoms with Crippen LogP contribution in [-0.4, -0.2) is 36.5 Å². The first-order chi connectivity index (χ1) is 14.3. The van der Waals surface area contributed by atoms with Crippen LogP contribution in [-0.2, 0) is 9.59 Å². The Morgan fingerprint density at radius 2 is 1.47 bits per heavy atom. The largest absolute Gasteiger partial charge is 0.497 e. The number of benzene rings is 2. The van der Waals surface area contributed by atoms with Gasteiger partial charge in [0.1, 0.15) is 17.2 Å². The third-order valence-corrected chi connectivity index (χ3v) is 4.72. The molecule has 0 saturated heterocycles. The van der Waals surface area contributed by atoms with Gasteiger partial charge in [0.2, 0.25) is 0 Å². The summed E-state index contributed by atoms with van der Waals surface area (Å²) in [5, 5.41) is 3.14. The number of carbonyl (C=O) groups excluding carboxylic acids is 2. The fourth-order valence-corrected chi connectivity index (χ4v) is 3.20. The van der Waals surface area contributed by atoms with E-state index < -0.39 is 0 Å². The van der Waals surface area contributed by atoms with Gasteiger partial charge in [-0.15, -0.1) is 0 Å². The predicted molar refractivity (Wildman–Crippen MR) is 117 cm³/mol. The first-order valence-electron chi connectivity index (χ1n) is 10.1. The molecule has 0 atom stereocenters. The molecule has 2 aromatic rings. The lowest BCUT2D eigenvalue weighted by Crippen LogP contribution is -2.38. The third-order valence-electron chi connectivity index (χ3n) is 4.72. The maximum atomic E-state index is 13.1. The molecule has 0 radical (unpaired) electrons. The Labute approximate surface area is 177 Å². The summed E-state index contributed by atoms with van der Waals surface area (Å²) < 4.78 is 10.9. The molecule has 0 aromatic heterocycles. The van der Waals surface area contributed by atoms with Crippen molar-refractivity contribution >= 4 is 23.1 Å². The molecular weight excluding hydrogens is 380 g/mol. The van der Waals surface area contributed by atoms with Crippen molar-refractivity contribution in [1.82, 2.24) is 4.90 Å². The van der Waals surface area contributed by atoms with Crippen LogP contribution in [0.15, 0.2) is 54.2 Å². The summed E-state index contributed by atoms with van der Waals surface area (Å²) in [4.78, 5) is 27.4. The van der Waals surface area contributed by atoms with Crippen LogP contribution in [0.1, 0.15) is 33.3 Å². The normalized spacial score (nSPS) is 14.2. The Morgan fingerprint density at radius 3 is 2.00 bits per heavy atom. The number of hydrogen-bond acceptors (Lipinski definition) is 5. The lowest BCUT2D eigenvalue weighted by molar-refractivity contribution is -0.138. The quantitative estimate of drug-likeness (QED) is 0.659. The van der Waals surface area contributed by atoms with Gasteiger partial charge in [0, 0.05) is 11.7 Å². The molecule has 0 aliphatic carbocycles. The minimum Gasteiger partial charge on any atom is -0.497 e. The molecule has 1 N–H and O–H groups in total. The second-order valence-electron chi connectivity index (χ2n) is 7.91. The van der Waals surface area contributed by atoms with Crippen LogP contribution in [0.25, 0.3) is 5.57 Å². The minimum absolute atomic E-state index is 0.246. The van der Waals surface area contributed by atoms with Crippen LogP contribution in [0.3, 0.4) is 0 Å². The number of carbonyl (C=O) groups is 2. The zero-order valence-electron chi connectivity index (χ0n) is 18.1. The summed E-state index contributed by atoms with van der Waals surface area (Å²) in [6.07, 6.45) is 0. The lowest BCUT2D eigenvalue weighted by Gasteiger charge is -2.19. The molecule has 1 aliphatic heterocycles. The van der Waals surface area contributed by atoms with Gasteiger partial charge in [-0.3, -0.25) is 14.5 Å². The molecule has 3 rings (SSSR count). The van der Waals surface area contributed by atoms with E-state index in [1.165, 1.54) is 4.90 Å². The molecule has 1 heterocycles. The van der Waals surface area contributed by atoms with Gasteiger partial charge >= 0.3 is 0 Å². The molecule has 1 aliphatic rings. The van der Waals surface area contributed by atoms with E-state index in [1.807, 2.05) is 50.2 Å². The van der Waals surface area contributed by atoms with Crippen molar-refractivity contribution < 1.29 is 19.1 Å². The number of anilines is 1. The maximum absolute atomic E-state index is 13.1. The Balaban J connectivity index is 1.96.